The number of carbonyl (C=O) groups is 2. The molecular formula is C13H13N3O5. The molecule has 1 aromatic carbocycles. The van der Waals surface area contributed by atoms with E-state index in [-0.39, 0.29) is 17.9 Å². The first-order valence-electron chi connectivity index (χ1n) is 5.81. The number of carbonyl (C=O) groups excluding carboxylic acids is 1. The van der Waals surface area contributed by atoms with Gasteiger partial charge in [-0.1, -0.05) is 12.0 Å². The Kier molecular flexibility index (Phi) is 5.25. The Hall–Kier alpha value is -3.08. The van der Waals surface area contributed by atoms with Crippen LogP contribution in [0.5, 0.6) is 0 Å². The summed E-state index contributed by atoms with van der Waals surface area (Å²) in [5.41, 5.74) is 0.489. The van der Waals surface area contributed by atoms with Crippen LogP contribution in [0.2, 0.25) is 0 Å². The Labute approximate surface area is 120 Å². The molecule has 8 heteroatoms. The van der Waals surface area contributed by atoms with E-state index in [9.17, 15) is 19.7 Å². The van der Waals surface area contributed by atoms with Crippen LogP contribution in [0, 0.1) is 29.4 Å². The van der Waals surface area contributed by atoms with Crippen molar-refractivity contribution in [3.8, 4) is 12.3 Å². The van der Waals surface area contributed by atoms with E-state index in [0.717, 1.165) is 4.90 Å². The molecule has 2 N–H and O–H groups in total. The largest absolute Gasteiger partial charge is 0.480 e. The van der Waals surface area contributed by atoms with E-state index < -0.39 is 23.5 Å². The third-order valence-electron chi connectivity index (χ3n) is 2.55. The van der Waals surface area contributed by atoms with Gasteiger partial charge in [-0.15, -0.1) is 6.42 Å². The lowest BCUT2D eigenvalue weighted by Crippen LogP contribution is -2.39. The standard InChI is InChI=1S/C13H13N3O5/c1-3-6-15(8-12(17)18)13(19)14-10-5-4-9(2)11(7-10)16(20)21/h1,4-5,7H,6,8H2,2H3,(H,14,19)(H,17,18). The van der Waals surface area contributed by atoms with Crippen molar-refractivity contribution in [1.29, 1.82) is 0 Å². The van der Waals surface area contributed by atoms with E-state index in [4.69, 9.17) is 11.5 Å². The highest BCUT2D eigenvalue weighted by Crippen LogP contribution is 2.22. The zero-order chi connectivity index (χ0) is 16.0. The molecule has 110 valence electrons. The number of terminal acetylenes is 1. The normalized spacial score (nSPS) is 9.52. The number of amides is 2. The first kappa shape index (κ1) is 16.0. The highest BCUT2D eigenvalue weighted by molar-refractivity contribution is 5.91. The van der Waals surface area contributed by atoms with E-state index in [1.54, 1.807) is 6.92 Å². The maximum Gasteiger partial charge on any atom is 0.323 e. The molecule has 0 heterocycles. The minimum atomic E-state index is -1.21. The van der Waals surface area contributed by atoms with Crippen LogP contribution in [0.15, 0.2) is 18.2 Å². The zero-order valence-corrected chi connectivity index (χ0v) is 11.2. The number of aliphatic carboxylic acids is 1. The molecule has 0 spiro atoms. The van der Waals surface area contributed by atoms with Crippen LogP contribution in [0.25, 0.3) is 0 Å². The first-order chi connectivity index (χ1) is 9.85. The second-order valence-corrected chi connectivity index (χ2v) is 4.14. The summed E-state index contributed by atoms with van der Waals surface area (Å²) in [6.07, 6.45) is 5.07. The Morgan fingerprint density at radius 2 is 2.19 bits per heavy atom. The molecule has 0 saturated heterocycles. The molecule has 1 aromatic rings. The minimum Gasteiger partial charge on any atom is -0.480 e. The van der Waals surface area contributed by atoms with E-state index in [1.165, 1.54) is 18.2 Å². The Bertz CT molecular complexity index is 621. The molecule has 0 aliphatic carbocycles. The highest BCUT2D eigenvalue weighted by atomic mass is 16.6. The van der Waals surface area contributed by atoms with E-state index in [2.05, 4.69) is 11.2 Å². The Morgan fingerprint density at radius 1 is 1.52 bits per heavy atom. The molecule has 0 atom stereocenters. The molecule has 0 aliphatic rings. The van der Waals surface area contributed by atoms with Crippen molar-refractivity contribution in [2.24, 2.45) is 0 Å². The molecule has 21 heavy (non-hydrogen) atoms. The Balaban J connectivity index is 2.91. The SMILES string of the molecule is C#CCN(CC(=O)O)C(=O)Nc1ccc(C)c([N+](=O)[O-])c1. The van der Waals surface area contributed by atoms with Gasteiger partial charge in [-0.25, -0.2) is 4.79 Å². The lowest BCUT2D eigenvalue weighted by Gasteiger charge is -2.18. The minimum absolute atomic E-state index is 0.144. The molecule has 0 saturated carbocycles. The van der Waals surface area contributed by atoms with E-state index in [1.807, 2.05) is 0 Å². The molecule has 0 bridgehead atoms. The van der Waals surface area contributed by atoms with Crippen molar-refractivity contribution in [2.75, 3.05) is 18.4 Å². The average Bonchev–Trinajstić information content (AvgIpc) is 2.39. The number of rotatable bonds is 5. The van der Waals surface area contributed by atoms with Crippen molar-refractivity contribution >= 4 is 23.4 Å². The van der Waals surface area contributed by atoms with Crippen molar-refractivity contribution < 1.29 is 19.6 Å². The van der Waals surface area contributed by atoms with Gasteiger partial charge in [-0.3, -0.25) is 14.9 Å². The molecule has 0 radical (unpaired) electrons. The number of urea groups is 1. The number of nitrogens with zero attached hydrogens (tertiary/aromatic N) is 2. The summed E-state index contributed by atoms with van der Waals surface area (Å²) in [5.74, 6) is 0.959. The number of nitro groups is 1. The van der Waals surface area contributed by atoms with E-state index in [0.29, 0.717) is 5.56 Å². The van der Waals surface area contributed by atoms with Crippen LogP contribution in [0.3, 0.4) is 0 Å². The second-order valence-electron chi connectivity index (χ2n) is 4.14. The van der Waals surface area contributed by atoms with Gasteiger partial charge >= 0.3 is 12.0 Å². The van der Waals surface area contributed by atoms with Gasteiger partial charge in [0.1, 0.15) is 6.54 Å². The Morgan fingerprint density at radius 3 is 2.71 bits per heavy atom. The highest BCUT2D eigenvalue weighted by Gasteiger charge is 2.17. The van der Waals surface area contributed by atoms with Gasteiger partial charge in [0.15, 0.2) is 0 Å². The van der Waals surface area contributed by atoms with Gasteiger partial charge < -0.3 is 15.3 Å². The predicted molar refractivity (Wildman–Crippen MR) is 74.9 cm³/mol. The van der Waals surface area contributed by atoms with Crippen LogP contribution in [0.1, 0.15) is 5.56 Å². The maximum atomic E-state index is 11.9. The third kappa shape index (κ3) is 4.50. The number of hydrogen-bond donors (Lipinski definition) is 2. The average molecular weight is 291 g/mol. The number of anilines is 1. The first-order valence-corrected chi connectivity index (χ1v) is 5.81. The van der Waals surface area contributed by atoms with Gasteiger partial charge in [0.25, 0.3) is 5.69 Å². The second kappa shape index (κ2) is 6.91. The fraction of sp³-hybridized carbons (Fsp3) is 0.231. The third-order valence-corrected chi connectivity index (χ3v) is 2.55. The molecule has 1 rings (SSSR count). The lowest BCUT2D eigenvalue weighted by atomic mass is 10.2. The number of aryl methyl sites for hydroxylation is 1. The summed E-state index contributed by atoms with van der Waals surface area (Å²) < 4.78 is 0. The number of nitro benzene ring substituents is 1. The summed E-state index contributed by atoms with van der Waals surface area (Å²) in [4.78, 5) is 33.7. The molecular weight excluding hydrogens is 278 g/mol. The van der Waals surface area contributed by atoms with Crippen LogP contribution in [-0.2, 0) is 4.79 Å². The quantitative estimate of drug-likeness (QED) is 0.484. The van der Waals surface area contributed by atoms with E-state index >= 15 is 0 Å². The molecule has 0 aliphatic heterocycles. The summed E-state index contributed by atoms with van der Waals surface area (Å²) in [6.45, 7) is 0.814. The van der Waals surface area contributed by atoms with Gasteiger partial charge in [0, 0.05) is 17.3 Å². The molecule has 8 nitrogen and oxygen atoms in total. The summed E-state index contributed by atoms with van der Waals surface area (Å²) in [7, 11) is 0. The van der Waals surface area contributed by atoms with Gasteiger partial charge in [-0.05, 0) is 13.0 Å². The smallest absolute Gasteiger partial charge is 0.323 e. The fourth-order valence-electron chi connectivity index (χ4n) is 1.56. The number of benzene rings is 1. The van der Waals surface area contributed by atoms with Crippen LogP contribution < -0.4 is 5.32 Å². The molecule has 0 aromatic heterocycles. The fourth-order valence-corrected chi connectivity index (χ4v) is 1.56. The topological polar surface area (TPSA) is 113 Å². The van der Waals surface area contributed by atoms with Crippen molar-refractivity contribution in [3.05, 3.63) is 33.9 Å². The predicted octanol–water partition coefficient (Wildman–Crippen LogP) is 1.45. The van der Waals surface area contributed by atoms with Crippen LogP contribution in [0.4, 0.5) is 16.2 Å². The van der Waals surface area contributed by atoms with Crippen molar-refractivity contribution in [3.63, 3.8) is 0 Å². The van der Waals surface area contributed by atoms with Crippen molar-refractivity contribution in [2.45, 2.75) is 6.92 Å². The number of nitrogens with one attached hydrogen (secondary N) is 1. The summed E-state index contributed by atoms with van der Waals surface area (Å²) in [6, 6.07) is 3.42. The number of carboxylic acids is 1. The van der Waals surface area contributed by atoms with Crippen LogP contribution >= 0.6 is 0 Å². The maximum absolute atomic E-state index is 11.9. The lowest BCUT2D eigenvalue weighted by molar-refractivity contribution is -0.385. The number of hydrogen-bond acceptors (Lipinski definition) is 4. The molecule has 0 fully saturated rings. The molecule has 0 unspecified atom stereocenters. The summed E-state index contributed by atoms with van der Waals surface area (Å²) in [5, 5.41) is 21.9. The monoisotopic (exact) mass is 291 g/mol. The van der Waals surface area contributed by atoms with Crippen molar-refractivity contribution in [1.82, 2.24) is 4.90 Å². The van der Waals surface area contributed by atoms with Gasteiger partial charge in [0.05, 0.1) is 11.5 Å². The molecule has 2 amide bonds. The zero-order valence-electron chi connectivity index (χ0n) is 11.2. The summed E-state index contributed by atoms with van der Waals surface area (Å²) >= 11 is 0. The van der Waals surface area contributed by atoms with Gasteiger partial charge in [-0.2, -0.15) is 0 Å². The van der Waals surface area contributed by atoms with Gasteiger partial charge in [0.2, 0.25) is 0 Å². The van der Waals surface area contributed by atoms with Crippen LogP contribution in [-0.4, -0.2) is 40.0 Å². The number of carboxylic acid groups (broad SMARTS) is 1.